The van der Waals surface area contributed by atoms with Crippen molar-refractivity contribution in [3.8, 4) is 0 Å². The third-order valence-electron chi connectivity index (χ3n) is 2.61. The van der Waals surface area contributed by atoms with E-state index < -0.39 is 23.0 Å². The van der Waals surface area contributed by atoms with Gasteiger partial charge in [-0.2, -0.15) is 0 Å². The Kier molecular flexibility index (Phi) is 3.98. The lowest BCUT2D eigenvalue weighted by molar-refractivity contribution is 0.153. The van der Waals surface area contributed by atoms with Crippen LogP contribution in [-0.4, -0.2) is 32.4 Å². The third-order valence-corrected chi connectivity index (χ3v) is 4.02. The summed E-state index contributed by atoms with van der Waals surface area (Å²) >= 11 is 0. The molecule has 8 heteroatoms. The summed E-state index contributed by atoms with van der Waals surface area (Å²) < 4.78 is 49.0. The van der Waals surface area contributed by atoms with Crippen molar-refractivity contribution in [1.29, 1.82) is 0 Å². The molecule has 1 aromatic heterocycles. The molecule has 0 amide bonds. The lowest BCUT2D eigenvalue weighted by Gasteiger charge is -2.03. The van der Waals surface area contributed by atoms with Crippen molar-refractivity contribution >= 4 is 10.0 Å². The molecule has 3 N–H and O–H groups in total. The molecular formula is C10H15F2N3O2S. The van der Waals surface area contributed by atoms with Gasteiger partial charge < -0.3 is 10.3 Å². The maximum atomic E-state index is 12.0. The largest absolute Gasteiger partial charge is 0.363 e. The molecule has 0 unspecified atom stereocenters. The van der Waals surface area contributed by atoms with Gasteiger partial charge in [0.25, 0.3) is 6.43 Å². The van der Waals surface area contributed by atoms with Crippen molar-refractivity contribution in [2.75, 3.05) is 6.54 Å². The van der Waals surface area contributed by atoms with E-state index in [4.69, 9.17) is 0 Å². The summed E-state index contributed by atoms with van der Waals surface area (Å²) in [6.07, 6.45) is 0.885. The van der Waals surface area contributed by atoms with Gasteiger partial charge in [-0.05, 0) is 18.9 Å². The van der Waals surface area contributed by atoms with Gasteiger partial charge in [0.2, 0.25) is 10.0 Å². The summed E-state index contributed by atoms with van der Waals surface area (Å²) in [5.41, 5.74) is 0.722. The highest BCUT2D eigenvalue weighted by Crippen LogP contribution is 2.19. The normalized spacial score (nSPS) is 16.4. The standard InChI is InChI=1S/C10H15F2N3O2S/c11-10(12)6-15-18(16,17)9-3-8(14-5-9)4-13-7-1-2-7/h3,5,7,10,13-15H,1-2,4,6H2. The zero-order valence-corrected chi connectivity index (χ0v) is 10.4. The topological polar surface area (TPSA) is 74.0 Å². The molecule has 1 aliphatic rings. The second-order valence-electron chi connectivity index (χ2n) is 4.26. The maximum absolute atomic E-state index is 12.0. The van der Waals surface area contributed by atoms with Crippen LogP contribution in [0.1, 0.15) is 18.5 Å². The molecule has 18 heavy (non-hydrogen) atoms. The van der Waals surface area contributed by atoms with E-state index in [9.17, 15) is 17.2 Å². The fourth-order valence-electron chi connectivity index (χ4n) is 1.47. The molecule has 1 heterocycles. The van der Waals surface area contributed by atoms with Crippen LogP contribution >= 0.6 is 0 Å². The Morgan fingerprint density at radius 1 is 1.44 bits per heavy atom. The van der Waals surface area contributed by atoms with Gasteiger partial charge in [-0.3, -0.25) is 0 Å². The molecule has 1 fully saturated rings. The first-order chi connectivity index (χ1) is 8.47. The summed E-state index contributed by atoms with van der Waals surface area (Å²) in [5.74, 6) is 0. The Morgan fingerprint density at radius 3 is 2.78 bits per heavy atom. The third kappa shape index (κ3) is 3.76. The van der Waals surface area contributed by atoms with E-state index in [-0.39, 0.29) is 4.90 Å². The van der Waals surface area contributed by atoms with E-state index in [1.807, 2.05) is 4.72 Å². The lowest BCUT2D eigenvalue weighted by Crippen LogP contribution is -2.28. The van der Waals surface area contributed by atoms with E-state index >= 15 is 0 Å². The van der Waals surface area contributed by atoms with E-state index in [0.29, 0.717) is 12.6 Å². The van der Waals surface area contributed by atoms with E-state index in [1.165, 1.54) is 12.3 Å². The number of H-pyrrole nitrogens is 1. The minimum atomic E-state index is -3.85. The Labute approximate surface area is 104 Å². The molecule has 0 saturated heterocycles. The number of hydrogen-bond acceptors (Lipinski definition) is 3. The van der Waals surface area contributed by atoms with Gasteiger partial charge in [-0.15, -0.1) is 0 Å². The first-order valence-corrected chi connectivity index (χ1v) is 7.14. The number of sulfonamides is 1. The number of halogens is 2. The minimum absolute atomic E-state index is 0.0178. The Balaban J connectivity index is 1.94. The molecule has 2 rings (SSSR count). The number of aromatic nitrogens is 1. The van der Waals surface area contributed by atoms with Crippen LogP contribution in [0.3, 0.4) is 0 Å². The van der Waals surface area contributed by atoms with Crippen molar-refractivity contribution in [1.82, 2.24) is 15.0 Å². The van der Waals surface area contributed by atoms with Crippen molar-refractivity contribution in [3.63, 3.8) is 0 Å². The maximum Gasteiger partial charge on any atom is 0.251 e. The first kappa shape index (κ1) is 13.4. The van der Waals surface area contributed by atoms with Crippen LogP contribution in [0.15, 0.2) is 17.2 Å². The van der Waals surface area contributed by atoms with Crippen molar-refractivity contribution in [3.05, 3.63) is 18.0 Å². The van der Waals surface area contributed by atoms with Crippen molar-refractivity contribution in [2.24, 2.45) is 0 Å². The minimum Gasteiger partial charge on any atom is -0.363 e. The SMILES string of the molecule is O=S(=O)(NCC(F)F)c1c[nH]c(CNC2CC2)c1. The van der Waals surface area contributed by atoms with Crippen molar-refractivity contribution < 1.29 is 17.2 Å². The van der Waals surface area contributed by atoms with Gasteiger partial charge in [-0.25, -0.2) is 21.9 Å². The second-order valence-corrected chi connectivity index (χ2v) is 6.03. The predicted molar refractivity (Wildman–Crippen MR) is 61.8 cm³/mol. The monoisotopic (exact) mass is 279 g/mol. The highest BCUT2D eigenvalue weighted by molar-refractivity contribution is 7.89. The first-order valence-electron chi connectivity index (χ1n) is 5.66. The highest BCUT2D eigenvalue weighted by atomic mass is 32.2. The lowest BCUT2D eigenvalue weighted by atomic mass is 10.4. The highest BCUT2D eigenvalue weighted by Gasteiger charge is 2.21. The van der Waals surface area contributed by atoms with Crippen LogP contribution in [-0.2, 0) is 16.6 Å². The number of rotatable bonds is 7. The Hall–Kier alpha value is -0.990. The van der Waals surface area contributed by atoms with E-state index in [0.717, 1.165) is 18.5 Å². The van der Waals surface area contributed by atoms with Crippen LogP contribution in [0.2, 0.25) is 0 Å². The molecule has 102 valence electrons. The Bertz CT molecular complexity index is 497. The van der Waals surface area contributed by atoms with E-state index in [1.54, 1.807) is 0 Å². The molecule has 0 aliphatic heterocycles. The van der Waals surface area contributed by atoms with Crippen molar-refractivity contribution in [2.45, 2.75) is 36.7 Å². The van der Waals surface area contributed by atoms with Gasteiger partial charge in [0, 0.05) is 24.5 Å². The molecule has 0 spiro atoms. The number of alkyl halides is 2. The summed E-state index contributed by atoms with van der Waals surface area (Å²) in [6.45, 7) is -0.321. The molecule has 0 bridgehead atoms. The van der Waals surface area contributed by atoms with Crippen LogP contribution in [0, 0.1) is 0 Å². The smallest absolute Gasteiger partial charge is 0.251 e. The fraction of sp³-hybridized carbons (Fsp3) is 0.600. The Morgan fingerprint density at radius 2 is 2.17 bits per heavy atom. The summed E-state index contributed by atoms with van der Waals surface area (Å²) in [5, 5.41) is 3.22. The van der Waals surface area contributed by atoms with Gasteiger partial charge in [0.1, 0.15) is 0 Å². The molecule has 1 saturated carbocycles. The summed E-state index contributed by atoms with van der Waals surface area (Å²) in [4.78, 5) is 2.80. The predicted octanol–water partition coefficient (Wildman–Crippen LogP) is 0.810. The molecule has 1 aliphatic carbocycles. The molecule has 5 nitrogen and oxygen atoms in total. The molecule has 1 aromatic rings. The number of nitrogens with one attached hydrogen (secondary N) is 3. The van der Waals surface area contributed by atoms with Crippen LogP contribution in [0.25, 0.3) is 0 Å². The van der Waals surface area contributed by atoms with Gasteiger partial charge in [0.15, 0.2) is 0 Å². The van der Waals surface area contributed by atoms with Gasteiger partial charge in [-0.1, -0.05) is 0 Å². The van der Waals surface area contributed by atoms with Gasteiger partial charge >= 0.3 is 0 Å². The van der Waals surface area contributed by atoms with E-state index in [2.05, 4.69) is 10.3 Å². The molecular weight excluding hydrogens is 264 g/mol. The number of aromatic amines is 1. The number of hydrogen-bond donors (Lipinski definition) is 3. The average molecular weight is 279 g/mol. The average Bonchev–Trinajstić information content (AvgIpc) is 3.00. The van der Waals surface area contributed by atoms with Gasteiger partial charge in [0.05, 0.1) is 11.4 Å². The zero-order chi connectivity index (χ0) is 13.2. The second kappa shape index (κ2) is 5.33. The molecule has 0 radical (unpaired) electrons. The van der Waals surface area contributed by atoms with Crippen LogP contribution in [0.5, 0.6) is 0 Å². The quantitative estimate of drug-likeness (QED) is 0.691. The van der Waals surface area contributed by atoms with Crippen LogP contribution < -0.4 is 10.0 Å². The van der Waals surface area contributed by atoms with Crippen LogP contribution in [0.4, 0.5) is 8.78 Å². The fourth-order valence-corrected chi connectivity index (χ4v) is 2.50. The molecule has 0 aromatic carbocycles. The summed E-state index contributed by atoms with van der Waals surface area (Å²) in [6, 6.07) is 1.97. The molecule has 0 atom stereocenters. The summed E-state index contributed by atoms with van der Waals surface area (Å²) in [7, 11) is -3.85. The zero-order valence-electron chi connectivity index (χ0n) is 9.62.